The van der Waals surface area contributed by atoms with Crippen LogP contribution in [0.1, 0.15) is 12.7 Å². The smallest absolute Gasteiger partial charge is 0.329 e. The zero-order valence-corrected chi connectivity index (χ0v) is 15.4. The van der Waals surface area contributed by atoms with Gasteiger partial charge in [0.15, 0.2) is 5.82 Å². The van der Waals surface area contributed by atoms with E-state index >= 15 is 0 Å². The van der Waals surface area contributed by atoms with Gasteiger partial charge in [-0.05, 0) is 26.0 Å². The Bertz CT molecular complexity index is 1050. The van der Waals surface area contributed by atoms with Crippen LogP contribution in [0.4, 0.5) is 5.82 Å². The molecule has 0 unspecified atom stereocenters. The van der Waals surface area contributed by atoms with Crippen molar-refractivity contribution >= 4 is 28.7 Å². The number of para-hydroxylation sites is 2. The summed E-state index contributed by atoms with van der Waals surface area (Å²) in [6, 6.07) is 8.90. The molecule has 0 aliphatic carbocycles. The van der Waals surface area contributed by atoms with E-state index < -0.39 is 5.91 Å². The SMILES string of the molecule is CCn1c(=O)n(CC(=O)N(C)CC(=O)Nc2cc(C)on2)c2ccccc21. The molecule has 2 amide bonds. The van der Waals surface area contributed by atoms with Crippen LogP contribution in [0.3, 0.4) is 0 Å². The molecule has 2 heterocycles. The molecule has 9 heteroatoms. The molecule has 0 saturated heterocycles. The number of fused-ring (bicyclic) bond motifs is 1. The van der Waals surface area contributed by atoms with Gasteiger partial charge in [-0.1, -0.05) is 17.3 Å². The Hall–Kier alpha value is -3.36. The number of nitrogens with zero attached hydrogens (tertiary/aromatic N) is 4. The van der Waals surface area contributed by atoms with E-state index in [9.17, 15) is 14.4 Å². The lowest BCUT2D eigenvalue weighted by atomic mass is 10.3. The average Bonchev–Trinajstić information content (AvgIpc) is 3.15. The van der Waals surface area contributed by atoms with Gasteiger partial charge in [0.2, 0.25) is 11.8 Å². The van der Waals surface area contributed by atoms with Crippen molar-refractivity contribution in [2.75, 3.05) is 18.9 Å². The molecule has 0 radical (unpaired) electrons. The van der Waals surface area contributed by atoms with Gasteiger partial charge in [-0.2, -0.15) is 0 Å². The van der Waals surface area contributed by atoms with Crippen molar-refractivity contribution in [3.63, 3.8) is 0 Å². The third-order valence-electron chi connectivity index (χ3n) is 4.24. The summed E-state index contributed by atoms with van der Waals surface area (Å²) in [5.41, 5.74) is 1.22. The summed E-state index contributed by atoms with van der Waals surface area (Å²) in [5.74, 6) is 0.118. The molecule has 0 fully saturated rings. The van der Waals surface area contributed by atoms with E-state index in [1.807, 2.05) is 25.1 Å². The fourth-order valence-electron chi connectivity index (χ4n) is 2.90. The second-order valence-corrected chi connectivity index (χ2v) is 6.22. The van der Waals surface area contributed by atoms with Crippen LogP contribution in [0.25, 0.3) is 11.0 Å². The predicted octanol–water partition coefficient (Wildman–Crippen LogP) is 1.22. The van der Waals surface area contributed by atoms with Crippen LogP contribution in [0.15, 0.2) is 39.6 Å². The molecular formula is C18H21N5O4. The molecule has 9 nitrogen and oxygen atoms in total. The van der Waals surface area contributed by atoms with Gasteiger partial charge in [0.25, 0.3) is 0 Å². The van der Waals surface area contributed by atoms with Gasteiger partial charge in [-0.3, -0.25) is 18.7 Å². The average molecular weight is 371 g/mol. The molecular weight excluding hydrogens is 350 g/mol. The third kappa shape index (κ3) is 3.76. The number of aromatic nitrogens is 3. The molecule has 0 bridgehead atoms. The first-order chi connectivity index (χ1) is 12.9. The fraction of sp³-hybridized carbons (Fsp3) is 0.333. The lowest BCUT2D eigenvalue weighted by Crippen LogP contribution is -2.38. The lowest BCUT2D eigenvalue weighted by Gasteiger charge is -2.16. The van der Waals surface area contributed by atoms with Crippen molar-refractivity contribution in [1.29, 1.82) is 0 Å². The third-order valence-corrected chi connectivity index (χ3v) is 4.24. The van der Waals surface area contributed by atoms with Gasteiger partial charge in [0, 0.05) is 19.7 Å². The highest BCUT2D eigenvalue weighted by molar-refractivity contribution is 5.93. The van der Waals surface area contributed by atoms with Crippen LogP contribution in [-0.4, -0.2) is 44.6 Å². The second-order valence-electron chi connectivity index (χ2n) is 6.22. The molecule has 142 valence electrons. The molecule has 3 rings (SSSR count). The van der Waals surface area contributed by atoms with Gasteiger partial charge in [0.1, 0.15) is 12.3 Å². The highest BCUT2D eigenvalue weighted by atomic mass is 16.5. The zero-order chi connectivity index (χ0) is 19.6. The Morgan fingerprint density at radius 1 is 1.22 bits per heavy atom. The Morgan fingerprint density at radius 2 is 1.89 bits per heavy atom. The van der Waals surface area contributed by atoms with Crippen LogP contribution in [0.5, 0.6) is 0 Å². The summed E-state index contributed by atoms with van der Waals surface area (Å²) >= 11 is 0. The summed E-state index contributed by atoms with van der Waals surface area (Å²) in [7, 11) is 1.51. The quantitative estimate of drug-likeness (QED) is 0.702. The largest absolute Gasteiger partial charge is 0.360 e. The number of anilines is 1. The van der Waals surface area contributed by atoms with E-state index in [0.29, 0.717) is 23.6 Å². The monoisotopic (exact) mass is 371 g/mol. The summed E-state index contributed by atoms with van der Waals surface area (Å²) in [6.07, 6.45) is 0. The van der Waals surface area contributed by atoms with Gasteiger partial charge < -0.3 is 14.7 Å². The van der Waals surface area contributed by atoms with Crippen LogP contribution >= 0.6 is 0 Å². The molecule has 0 spiro atoms. The highest BCUT2D eigenvalue weighted by Gasteiger charge is 2.18. The number of likely N-dealkylation sites (N-methyl/N-ethyl adjacent to an activating group) is 1. The number of imidazole rings is 1. The van der Waals surface area contributed by atoms with E-state index in [2.05, 4.69) is 10.5 Å². The Balaban J connectivity index is 1.71. The van der Waals surface area contributed by atoms with Crippen molar-refractivity contribution < 1.29 is 14.1 Å². The minimum atomic E-state index is -0.400. The predicted molar refractivity (Wildman–Crippen MR) is 99.4 cm³/mol. The minimum absolute atomic E-state index is 0.140. The molecule has 0 aliphatic heterocycles. The van der Waals surface area contributed by atoms with Crippen molar-refractivity contribution in [2.45, 2.75) is 26.9 Å². The Kier molecular flexibility index (Phi) is 5.11. The van der Waals surface area contributed by atoms with E-state index in [1.54, 1.807) is 23.6 Å². The number of aryl methyl sites for hydroxylation is 2. The number of rotatable bonds is 6. The number of hydrogen-bond donors (Lipinski definition) is 1. The van der Waals surface area contributed by atoms with Crippen LogP contribution in [0, 0.1) is 6.92 Å². The van der Waals surface area contributed by atoms with Crippen LogP contribution in [-0.2, 0) is 22.7 Å². The molecule has 3 aromatic rings. The summed E-state index contributed by atoms with van der Waals surface area (Å²) < 4.78 is 7.92. The van der Waals surface area contributed by atoms with E-state index in [0.717, 1.165) is 5.52 Å². The van der Waals surface area contributed by atoms with Crippen LogP contribution < -0.4 is 11.0 Å². The van der Waals surface area contributed by atoms with Gasteiger partial charge in [-0.25, -0.2) is 4.79 Å². The molecule has 1 aromatic carbocycles. The normalized spacial score (nSPS) is 10.9. The molecule has 0 atom stereocenters. The molecule has 2 aromatic heterocycles. The fourth-order valence-corrected chi connectivity index (χ4v) is 2.90. The van der Waals surface area contributed by atoms with Crippen molar-refractivity contribution in [3.8, 4) is 0 Å². The number of benzene rings is 1. The number of amides is 2. The Morgan fingerprint density at radius 3 is 2.48 bits per heavy atom. The van der Waals surface area contributed by atoms with Crippen molar-refractivity contribution in [1.82, 2.24) is 19.2 Å². The summed E-state index contributed by atoms with van der Waals surface area (Å²) in [5, 5.41) is 6.23. The van der Waals surface area contributed by atoms with Crippen molar-refractivity contribution in [2.24, 2.45) is 0 Å². The van der Waals surface area contributed by atoms with E-state index in [1.165, 1.54) is 16.5 Å². The first-order valence-corrected chi connectivity index (χ1v) is 8.56. The van der Waals surface area contributed by atoms with Gasteiger partial charge >= 0.3 is 5.69 Å². The molecule has 27 heavy (non-hydrogen) atoms. The van der Waals surface area contributed by atoms with Gasteiger partial charge in [-0.15, -0.1) is 0 Å². The zero-order valence-electron chi connectivity index (χ0n) is 15.4. The maximum absolute atomic E-state index is 12.6. The Labute approximate surface area is 155 Å². The summed E-state index contributed by atoms with van der Waals surface area (Å²) in [6.45, 7) is 3.80. The minimum Gasteiger partial charge on any atom is -0.360 e. The maximum Gasteiger partial charge on any atom is 0.329 e. The van der Waals surface area contributed by atoms with E-state index in [4.69, 9.17) is 4.52 Å². The first kappa shape index (κ1) is 18.4. The second kappa shape index (κ2) is 7.48. The van der Waals surface area contributed by atoms with Crippen LogP contribution in [0.2, 0.25) is 0 Å². The maximum atomic E-state index is 12.6. The topological polar surface area (TPSA) is 102 Å². The number of carbonyl (C=O) groups excluding carboxylic acids is 2. The number of hydrogen-bond acceptors (Lipinski definition) is 5. The molecule has 1 N–H and O–H groups in total. The summed E-state index contributed by atoms with van der Waals surface area (Å²) in [4.78, 5) is 38.5. The number of nitrogens with one attached hydrogen (secondary N) is 1. The standard InChI is InChI=1S/C18H21N5O4/c1-4-22-13-7-5-6-8-14(13)23(18(22)26)11-17(25)21(3)10-16(24)19-15-9-12(2)27-20-15/h5-9H,4,10-11H2,1-3H3,(H,19,20,24). The highest BCUT2D eigenvalue weighted by Crippen LogP contribution is 2.13. The van der Waals surface area contributed by atoms with E-state index in [-0.39, 0.29) is 24.7 Å². The lowest BCUT2D eigenvalue weighted by molar-refractivity contribution is -0.133. The van der Waals surface area contributed by atoms with Crippen molar-refractivity contribution in [3.05, 3.63) is 46.6 Å². The van der Waals surface area contributed by atoms with Gasteiger partial charge in [0.05, 0.1) is 17.6 Å². The molecule has 0 saturated carbocycles. The first-order valence-electron chi connectivity index (χ1n) is 8.56. The molecule has 0 aliphatic rings. The number of carbonyl (C=O) groups is 2.